The SMILES string of the molecule is COc1ccc2cc(-c3ccnc(CO)n3)ccc2c1. The molecule has 0 radical (unpaired) electrons. The second-order valence-electron chi connectivity index (χ2n) is 4.44. The zero-order valence-corrected chi connectivity index (χ0v) is 11.1. The average molecular weight is 266 g/mol. The molecule has 0 fully saturated rings. The number of hydrogen-bond donors (Lipinski definition) is 1. The quantitative estimate of drug-likeness (QED) is 0.792. The lowest BCUT2D eigenvalue weighted by Gasteiger charge is -2.06. The number of methoxy groups -OCH3 is 1. The largest absolute Gasteiger partial charge is 0.497 e. The van der Waals surface area contributed by atoms with Crippen LogP contribution in [-0.4, -0.2) is 22.2 Å². The van der Waals surface area contributed by atoms with Gasteiger partial charge in [0, 0.05) is 11.8 Å². The number of fused-ring (bicyclic) bond motifs is 1. The Morgan fingerprint density at radius 2 is 1.85 bits per heavy atom. The first-order chi connectivity index (χ1) is 9.80. The minimum absolute atomic E-state index is 0.154. The number of hydrogen-bond acceptors (Lipinski definition) is 4. The summed E-state index contributed by atoms with van der Waals surface area (Å²) in [5.74, 6) is 1.27. The van der Waals surface area contributed by atoms with Crippen LogP contribution in [0.15, 0.2) is 48.7 Å². The third kappa shape index (κ3) is 2.33. The predicted octanol–water partition coefficient (Wildman–Crippen LogP) is 2.80. The van der Waals surface area contributed by atoms with Gasteiger partial charge in [-0.1, -0.05) is 18.2 Å². The summed E-state index contributed by atoms with van der Waals surface area (Å²) in [6.45, 7) is -0.154. The molecule has 0 saturated carbocycles. The van der Waals surface area contributed by atoms with Gasteiger partial charge in [0.05, 0.1) is 12.8 Å². The van der Waals surface area contributed by atoms with Crippen LogP contribution in [0.4, 0.5) is 0 Å². The third-order valence-electron chi connectivity index (χ3n) is 3.19. The van der Waals surface area contributed by atoms with E-state index in [-0.39, 0.29) is 6.61 Å². The summed E-state index contributed by atoms with van der Waals surface area (Å²) in [4.78, 5) is 8.31. The Bertz CT molecular complexity index is 756. The molecule has 0 spiro atoms. The molecule has 20 heavy (non-hydrogen) atoms. The smallest absolute Gasteiger partial charge is 0.154 e. The lowest BCUT2D eigenvalue weighted by atomic mass is 10.0. The molecule has 0 atom stereocenters. The van der Waals surface area contributed by atoms with Crippen LogP contribution in [0.25, 0.3) is 22.0 Å². The van der Waals surface area contributed by atoms with E-state index in [9.17, 15) is 0 Å². The number of aliphatic hydroxyl groups excluding tert-OH is 1. The van der Waals surface area contributed by atoms with Gasteiger partial charge in [-0.15, -0.1) is 0 Å². The van der Waals surface area contributed by atoms with E-state index in [4.69, 9.17) is 9.84 Å². The molecule has 3 aromatic rings. The molecule has 0 aliphatic carbocycles. The second-order valence-corrected chi connectivity index (χ2v) is 4.44. The van der Waals surface area contributed by atoms with Crippen molar-refractivity contribution in [1.82, 2.24) is 9.97 Å². The first-order valence-corrected chi connectivity index (χ1v) is 6.31. The fourth-order valence-corrected chi connectivity index (χ4v) is 2.15. The molecule has 3 rings (SSSR count). The molecule has 0 saturated heterocycles. The highest BCUT2D eigenvalue weighted by molar-refractivity contribution is 5.87. The van der Waals surface area contributed by atoms with Crippen LogP contribution in [0.3, 0.4) is 0 Å². The number of aromatic nitrogens is 2. The Morgan fingerprint density at radius 1 is 1.05 bits per heavy atom. The van der Waals surface area contributed by atoms with Crippen LogP contribution in [0.5, 0.6) is 5.75 Å². The van der Waals surface area contributed by atoms with Crippen LogP contribution in [0.2, 0.25) is 0 Å². The van der Waals surface area contributed by atoms with E-state index in [1.807, 2.05) is 36.4 Å². The van der Waals surface area contributed by atoms with E-state index in [1.54, 1.807) is 13.3 Å². The van der Waals surface area contributed by atoms with Gasteiger partial charge < -0.3 is 9.84 Å². The summed E-state index contributed by atoms with van der Waals surface area (Å²) >= 11 is 0. The Balaban J connectivity index is 2.08. The van der Waals surface area contributed by atoms with E-state index in [0.29, 0.717) is 5.82 Å². The fraction of sp³-hybridized carbons (Fsp3) is 0.125. The van der Waals surface area contributed by atoms with E-state index in [0.717, 1.165) is 27.8 Å². The minimum atomic E-state index is -0.154. The number of aliphatic hydroxyl groups is 1. The Morgan fingerprint density at radius 3 is 2.65 bits per heavy atom. The molecular weight excluding hydrogens is 252 g/mol. The van der Waals surface area contributed by atoms with Gasteiger partial charge in [-0.3, -0.25) is 0 Å². The maximum atomic E-state index is 9.10. The van der Waals surface area contributed by atoms with Gasteiger partial charge in [-0.05, 0) is 35.0 Å². The van der Waals surface area contributed by atoms with Gasteiger partial charge in [-0.2, -0.15) is 0 Å². The van der Waals surface area contributed by atoms with E-state index < -0.39 is 0 Å². The zero-order chi connectivity index (χ0) is 13.9. The molecule has 100 valence electrons. The van der Waals surface area contributed by atoms with Crippen molar-refractivity contribution in [2.75, 3.05) is 7.11 Å². The standard InChI is InChI=1S/C16H14N2O2/c1-20-14-5-4-11-8-13(3-2-12(11)9-14)15-6-7-17-16(10-19)18-15/h2-9,19H,10H2,1H3. The highest BCUT2D eigenvalue weighted by atomic mass is 16.5. The molecule has 0 unspecified atom stereocenters. The van der Waals surface area contributed by atoms with Crippen LogP contribution in [0.1, 0.15) is 5.82 Å². The van der Waals surface area contributed by atoms with Gasteiger partial charge in [0.25, 0.3) is 0 Å². The Hall–Kier alpha value is -2.46. The summed E-state index contributed by atoms with van der Waals surface area (Å²) in [6.07, 6.45) is 1.66. The maximum absolute atomic E-state index is 9.10. The monoisotopic (exact) mass is 266 g/mol. The van der Waals surface area contributed by atoms with Gasteiger partial charge in [-0.25, -0.2) is 9.97 Å². The molecule has 1 aromatic heterocycles. The summed E-state index contributed by atoms with van der Waals surface area (Å²) in [6, 6.07) is 13.9. The predicted molar refractivity (Wildman–Crippen MR) is 77.4 cm³/mol. The number of ether oxygens (including phenoxy) is 1. The lowest BCUT2D eigenvalue weighted by molar-refractivity contribution is 0.271. The maximum Gasteiger partial charge on any atom is 0.154 e. The van der Waals surface area contributed by atoms with Gasteiger partial charge in [0.15, 0.2) is 5.82 Å². The molecule has 0 amide bonds. The van der Waals surface area contributed by atoms with Gasteiger partial charge in [0.1, 0.15) is 12.4 Å². The summed E-state index contributed by atoms with van der Waals surface area (Å²) < 4.78 is 5.22. The lowest BCUT2D eigenvalue weighted by Crippen LogP contribution is -1.95. The van der Waals surface area contributed by atoms with Crippen molar-refractivity contribution >= 4 is 10.8 Å². The second kappa shape index (κ2) is 5.27. The van der Waals surface area contributed by atoms with Gasteiger partial charge >= 0.3 is 0 Å². The van der Waals surface area contributed by atoms with Crippen LogP contribution in [-0.2, 0) is 6.61 Å². The zero-order valence-electron chi connectivity index (χ0n) is 11.1. The molecule has 2 aromatic carbocycles. The molecule has 0 aliphatic heterocycles. The number of rotatable bonds is 3. The molecule has 0 bridgehead atoms. The van der Waals surface area contributed by atoms with Crippen molar-refractivity contribution in [3.63, 3.8) is 0 Å². The first-order valence-electron chi connectivity index (χ1n) is 6.31. The highest BCUT2D eigenvalue weighted by Crippen LogP contribution is 2.25. The summed E-state index contributed by atoms with van der Waals surface area (Å²) in [5.41, 5.74) is 1.81. The normalized spacial score (nSPS) is 10.7. The number of benzene rings is 2. The topological polar surface area (TPSA) is 55.2 Å². The first kappa shape index (κ1) is 12.6. The average Bonchev–Trinajstić information content (AvgIpc) is 2.54. The molecule has 0 aliphatic rings. The minimum Gasteiger partial charge on any atom is -0.497 e. The molecule has 1 heterocycles. The van der Waals surface area contributed by atoms with Crippen molar-refractivity contribution in [3.8, 4) is 17.0 Å². The molecular formula is C16H14N2O2. The summed E-state index contributed by atoms with van der Waals surface area (Å²) in [7, 11) is 1.66. The molecule has 4 heteroatoms. The van der Waals surface area contributed by atoms with Crippen molar-refractivity contribution in [2.45, 2.75) is 6.61 Å². The third-order valence-corrected chi connectivity index (χ3v) is 3.19. The summed E-state index contributed by atoms with van der Waals surface area (Å²) in [5, 5.41) is 11.3. The van der Waals surface area contributed by atoms with E-state index >= 15 is 0 Å². The van der Waals surface area contributed by atoms with Crippen LogP contribution in [0, 0.1) is 0 Å². The van der Waals surface area contributed by atoms with E-state index in [1.165, 1.54) is 0 Å². The van der Waals surface area contributed by atoms with Crippen molar-refractivity contribution < 1.29 is 9.84 Å². The highest BCUT2D eigenvalue weighted by Gasteiger charge is 2.04. The Kier molecular flexibility index (Phi) is 3.31. The van der Waals surface area contributed by atoms with Crippen molar-refractivity contribution in [1.29, 1.82) is 0 Å². The van der Waals surface area contributed by atoms with Gasteiger partial charge in [0.2, 0.25) is 0 Å². The van der Waals surface area contributed by atoms with E-state index in [2.05, 4.69) is 16.0 Å². The van der Waals surface area contributed by atoms with Crippen molar-refractivity contribution in [2.24, 2.45) is 0 Å². The molecule has 1 N–H and O–H groups in total. The Labute approximate surface area is 116 Å². The van der Waals surface area contributed by atoms with Crippen LogP contribution >= 0.6 is 0 Å². The fourth-order valence-electron chi connectivity index (χ4n) is 2.15. The number of nitrogens with zero attached hydrogens (tertiary/aromatic N) is 2. The van der Waals surface area contributed by atoms with Crippen molar-refractivity contribution in [3.05, 3.63) is 54.5 Å². The molecule has 4 nitrogen and oxygen atoms in total. The van der Waals surface area contributed by atoms with Crippen LogP contribution < -0.4 is 4.74 Å².